The Morgan fingerprint density at radius 2 is 1.81 bits per heavy atom. The fourth-order valence-corrected chi connectivity index (χ4v) is 1.50. The Hall–Kier alpha value is -1.67. The molecular formula is C13H12ClNO. The first kappa shape index (κ1) is 10.8. The Balaban J connectivity index is 1.99. The molecule has 0 radical (unpaired) electrons. The average Bonchev–Trinajstić information content (AvgIpc) is 2.38. The van der Waals surface area contributed by atoms with Crippen LogP contribution in [0, 0.1) is 0 Å². The predicted octanol–water partition coefficient (Wildman–Crippen LogP) is 3.83. The number of ether oxygens (including phenoxy) is 1. The molecule has 0 aliphatic heterocycles. The van der Waals surface area contributed by atoms with Crippen LogP contribution in [0.5, 0.6) is 5.75 Å². The van der Waals surface area contributed by atoms with Crippen LogP contribution in [-0.4, -0.2) is 0 Å². The maximum atomic E-state index is 5.64. The molecule has 0 fully saturated rings. The Labute approximate surface area is 99.9 Å². The molecule has 82 valence electrons. The van der Waals surface area contributed by atoms with Crippen LogP contribution in [0.4, 0.5) is 5.69 Å². The molecule has 0 amide bonds. The standard InChI is InChI=1S/C13H12ClNO/c14-15-12-7-4-8-13(9-12)16-10-11-5-2-1-3-6-11/h1-9,15H,10H2. The van der Waals surface area contributed by atoms with E-state index in [1.807, 2.05) is 54.6 Å². The SMILES string of the molecule is ClNc1cccc(OCc2ccccc2)c1. The summed E-state index contributed by atoms with van der Waals surface area (Å²) in [6, 6.07) is 17.6. The normalized spacial score (nSPS) is 9.81. The van der Waals surface area contributed by atoms with E-state index in [9.17, 15) is 0 Å². The van der Waals surface area contributed by atoms with Gasteiger partial charge in [-0.1, -0.05) is 36.4 Å². The molecule has 1 N–H and O–H groups in total. The molecule has 0 saturated carbocycles. The van der Waals surface area contributed by atoms with Gasteiger partial charge in [0.15, 0.2) is 0 Å². The summed E-state index contributed by atoms with van der Waals surface area (Å²) in [5.74, 6) is 0.800. The minimum Gasteiger partial charge on any atom is -0.489 e. The van der Waals surface area contributed by atoms with E-state index in [1.54, 1.807) is 0 Å². The third kappa shape index (κ3) is 2.91. The van der Waals surface area contributed by atoms with Crippen molar-refractivity contribution in [1.29, 1.82) is 0 Å². The van der Waals surface area contributed by atoms with Crippen LogP contribution >= 0.6 is 11.8 Å². The first-order valence-electron chi connectivity index (χ1n) is 5.02. The first-order valence-corrected chi connectivity index (χ1v) is 5.40. The largest absolute Gasteiger partial charge is 0.489 e. The molecule has 0 bridgehead atoms. The fourth-order valence-electron chi connectivity index (χ4n) is 1.39. The fraction of sp³-hybridized carbons (Fsp3) is 0.0769. The summed E-state index contributed by atoms with van der Waals surface area (Å²) in [5.41, 5.74) is 1.97. The van der Waals surface area contributed by atoms with Crippen LogP contribution in [0.15, 0.2) is 54.6 Å². The Bertz CT molecular complexity index is 445. The van der Waals surface area contributed by atoms with Gasteiger partial charge >= 0.3 is 0 Å². The molecule has 0 aliphatic rings. The van der Waals surface area contributed by atoms with E-state index in [4.69, 9.17) is 16.5 Å². The van der Waals surface area contributed by atoms with Crippen molar-refractivity contribution in [2.45, 2.75) is 6.61 Å². The van der Waals surface area contributed by atoms with Crippen LogP contribution in [-0.2, 0) is 6.61 Å². The highest BCUT2D eigenvalue weighted by Crippen LogP contribution is 2.18. The van der Waals surface area contributed by atoms with Crippen molar-refractivity contribution < 1.29 is 4.74 Å². The van der Waals surface area contributed by atoms with Gasteiger partial charge in [-0.25, -0.2) is 0 Å². The van der Waals surface area contributed by atoms with E-state index in [0.717, 1.165) is 17.0 Å². The number of halogens is 1. The Morgan fingerprint density at radius 3 is 2.56 bits per heavy atom. The van der Waals surface area contributed by atoms with Crippen molar-refractivity contribution in [2.24, 2.45) is 0 Å². The van der Waals surface area contributed by atoms with E-state index in [-0.39, 0.29) is 0 Å². The summed E-state index contributed by atoms with van der Waals surface area (Å²) in [6.07, 6.45) is 0. The molecule has 2 rings (SSSR count). The van der Waals surface area contributed by atoms with Crippen LogP contribution in [0.3, 0.4) is 0 Å². The van der Waals surface area contributed by atoms with Crippen LogP contribution in [0.2, 0.25) is 0 Å². The zero-order valence-corrected chi connectivity index (χ0v) is 9.45. The van der Waals surface area contributed by atoms with E-state index >= 15 is 0 Å². The van der Waals surface area contributed by atoms with Gasteiger partial charge in [-0.2, -0.15) is 0 Å². The van der Waals surface area contributed by atoms with E-state index in [2.05, 4.69) is 4.84 Å². The van der Waals surface area contributed by atoms with Crippen molar-refractivity contribution in [3.8, 4) is 5.75 Å². The number of hydrogen-bond donors (Lipinski definition) is 1. The van der Waals surface area contributed by atoms with Crippen molar-refractivity contribution in [2.75, 3.05) is 4.84 Å². The van der Waals surface area contributed by atoms with Gasteiger partial charge in [0, 0.05) is 17.8 Å². The molecule has 16 heavy (non-hydrogen) atoms. The molecule has 0 aliphatic carbocycles. The Kier molecular flexibility index (Phi) is 3.67. The number of anilines is 1. The first-order chi connectivity index (χ1) is 7.88. The molecule has 0 aromatic heterocycles. The summed E-state index contributed by atoms with van der Waals surface area (Å²) in [7, 11) is 0. The summed E-state index contributed by atoms with van der Waals surface area (Å²) in [5, 5.41) is 0. The summed E-state index contributed by atoms with van der Waals surface area (Å²) < 4.78 is 5.64. The molecule has 3 heteroatoms. The summed E-state index contributed by atoms with van der Waals surface area (Å²) in [6.45, 7) is 0.562. The van der Waals surface area contributed by atoms with Crippen LogP contribution < -0.4 is 9.57 Å². The molecule has 0 heterocycles. The van der Waals surface area contributed by atoms with Crippen molar-refractivity contribution in [1.82, 2.24) is 0 Å². The van der Waals surface area contributed by atoms with E-state index < -0.39 is 0 Å². The molecule has 0 atom stereocenters. The highest BCUT2D eigenvalue weighted by molar-refractivity contribution is 6.23. The maximum absolute atomic E-state index is 5.64. The van der Waals surface area contributed by atoms with Gasteiger partial charge in [0.25, 0.3) is 0 Å². The monoisotopic (exact) mass is 233 g/mol. The van der Waals surface area contributed by atoms with Gasteiger partial charge in [-0.15, -0.1) is 0 Å². The van der Waals surface area contributed by atoms with Crippen molar-refractivity contribution in [3.05, 3.63) is 60.2 Å². The summed E-state index contributed by atoms with van der Waals surface area (Å²) >= 11 is 5.51. The third-order valence-corrected chi connectivity index (χ3v) is 2.41. The minimum atomic E-state index is 0.562. The van der Waals surface area contributed by atoms with Crippen molar-refractivity contribution >= 4 is 17.5 Å². The highest BCUT2D eigenvalue weighted by Gasteiger charge is 1.96. The maximum Gasteiger partial charge on any atom is 0.121 e. The van der Waals surface area contributed by atoms with Crippen LogP contribution in [0.1, 0.15) is 5.56 Å². The topological polar surface area (TPSA) is 21.3 Å². The number of rotatable bonds is 4. The van der Waals surface area contributed by atoms with Crippen LogP contribution in [0.25, 0.3) is 0 Å². The second kappa shape index (κ2) is 5.42. The molecular weight excluding hydrogens is 222 g/mol. The second-order valence-electron chi connectivity index (χ2n) is 3.40. The molecule has 2 aromatic carbocycles. The second-order valence-corrected chi connectivity index (χ2v) is 3.59. The summed E-state index contributed by atoms with van der Waals surface area (Å²) in [4.78, 5) is 2.56. The van der Waals surface area contributed by atoms with Gasteiger partial charge < -0.3 is 4.74 Å². The number of benzene rings is 2. The lowest BCUT2D eigenvalue weighted by molar-refractivity contribution is 0.306. The lowest BCUT2D eigenvalue weighted by atomic mass is 10.2. The smallest absolute Gasteiger partial charge is 0.121 e. The van der Waals surface area contributed by atoms with Gasteiger partial charge in [-0.3, -0.25) is 4.84 Å². The van der Waals surface area contributed by atoms with Gasteiger partial charge in [0.1, 0.15) is 12.4 Å². The molecule has 2 aromatic rings. The van der Waals surface area contributed by atoms with Gasteiger partial charge in [0.05, 0.1) is 5.69 Å². The lowest BCUT2D eigenvalue weighted by Crippen LogP contribution is -1.95. The average molecular weight is 234 g/mol. The minimum absolute atomic E-state index is 0.562. The van der Waals surface area contributed by atoms with Crippen molar-refractivity contribution in [3.63, 3.8) is 0 Å². The third-order valence-electron chi connectivity index (χ3n) is 2.19. The highest BCUT2D eigenvalue weighted by atomic mass is 35.5. The number of nitrogens with one attached hydrogen (secondary N) is 1. The predicted molar refractivity (Wildman–Crippen MR) is 66.7 cm³/mol. The van der Waals surface area contributed by atoms with Gasteiger partial charge in [0.2, 0.25) is 0 Å². The van der Waals surface area contributed by atoms with E-state index in [0.29, 0.717) is 6.61 Å². The van der Waals surface area contributed by atoms with E-state index in [1.165, 1.54) is 0 Å². The zero-order chi connectivity index (χ0) is 11.2. The molecule has 0 unspecified atom stereocenters. The molecule has 0 spiro atoms. The zero-order valence-electron chi connectivity index (χ0n) is 8.69. The lowest BCUT2D eigenvalue weighted by Gasteiger charge is -2.07. The quantitative estimate of drug-likeness (QED) is 0.811. The number of hydrogen-bond acceptors (Lipinski definition) is 2. The van der Waals surface area contributed by atoms with Gasteiger partial charge in [-0.05, 0) is 17.7 Å². The molecule has 0 saturated heterocycles. The Morgan fingerprint density at radius 1 is 1.00 bits per heavy atom. The molecule has 2 nitrogen and oxygen atoms in total.